The molecule has 1 fully saturated rings. The van der Waals surface area contributed by atoms with Crippen LogP contribution in [0.25, 0.3) is 10.2 Å². The van der Waals surface area contributed by atoms with E-state index in [0.717, 1.165) is 47.2 Å². The third-order valence-electron chi connectivity index (χ3n) is 5.72. The Labute approximate surface area is 183 Å². The van der Waals surface area contributed by atoms with Crippen molar-refractivity contribution in [2.75, 3.05) is 31.1 Å². The number of benzene rings is 1. The smallest absolute Gasteiger partial charge is 0.243 e. The monoisotopic (exact) mass is 466 g/mol. The number of nitrogens with zero attached hydrogens (tertiary/aromatic N) is 4. The lowest BCUT2D eigenvalue weighted by atomic mass is 10.1. The fourth-order valence-electron chi connectivity index (χ4n) is 4.24. The van der Waals surface area contributed by atoms with Crippen LogP contribution in [0.2, 0.25) is 5.02 Å². The first-order chi connectivity index (χ1) is 14.3. The normalized spacial score (nSPS) is 17.6. The van der Waals surface area contributed by atoms with Gasteiger partial charge in [-0.2, -0.15) is 4.31 Å². The van der Waals surface area contributed by atoms with E-state index in [-0.39, 0.29) is 9.92 Å². The molecule has 1 aromatic carbocycles. The average Bonchev–Trinajstić information content (AvgIpc) is 3.30. The predicted octanol–water partition coefficient (Wildman–Crippen LogP) is 3.79. The Morgan fingerprint density at radius 2 is 1.90 bits per heavy atom. The molecule has 3 heterocycles. The lowest BCUT2D eigenvalue weighted by molar-refractivity contribution is 0.384. The van der Waals surface area contributed by atoms with E-state index in [4.69, 9.17) is 16.6 Å². The fourth-order valence-corrected chi connectivity index (χ4v) is 7.23. The SMILES string of the molecule is Cc1nc(N2CCN(S(=O)(=O)c3ccc(F)c(Cl)c3)CC2)c2c3c(sc2n1)CCC3. The van der Waals surface area contributed by atoms with Crippen LogP contribution >= 0.6 is 22.9 Å². The molecule has 1 saturated heterocycles. The molecule has 5 rings (SSSR count). The number of hydrogen-bond acceptors (Lipinski definition) is 6. The summed E-state index contributed by atoms with van der Waals surface area (Å²) in [6, 6.07) is 3.52. The van der Waals surface area contributed by atoms with Gasteiger partial charge < -0.3 is 4.90 Å². The van der Waals surface area contributed by atoms with Crippen molar-refractivity contribution in [3.05, 3.63) is 45.3 Å². The first-order valence-electron chi connectivity index (χ1n) is 9.83. The molecule has 0 atom stereocenters. The number of halogens is 2. The standard InChI is InChI=1S/C20H20ClFN4O2S2/c1-12-23-19(18-14-3-2-4-17(14)29-20(18)24-12)25-7-9-26(10-8-25)30(27,28)13-5-6-16(22)15(21)11-13/h5-6,11H,2-4,7-10H2,1H3. The maximum Gasteiger partial charge on any atom is 0.243 e. The lowest BCUT2D eigenvalue weighted by Crippen LogP contribution is -2.49. The summed E-state index contributed by atoms with van der Waals surface area (Å²) >= 11 is 7.54. The minimum atomic E-state index is -3.73. The van der Waals surface area contributed by atoms with Crippen LogP contribution in [-0.4, -0.2) is 48.9 Å². The van der Waals surface area contributed by atoms with Crippen molar-refractivity contribution in [1.82, 2.24) is 14.3 Å². The third kappa shape index (κ3) is 3.28. The zero-order valence-electron chi connectivity index (χ0n) is 16.4. The second kappa shape index (κ2) is 7.40. The minimum Gasteiger partial charge on any atom is -0.353 e. The molecule has 0 amide bonds. The fraction of sp³-hybridized carbons (Fsp3) is 0.400. The zero-order valence-corrected chi connectivity index (χ0v) is 18.7. The molecule has 2 aromatic heterocycles. The molecule has 0 spiro atoms. The second-order valence-electron chi connectivity index (χ2n) is 7.60. The van der Waals surface area contributed by atoms with E-state index in [1.54, 1.807) is 11.3 Å². The van der Waals surface area contributed by atoms with Crippen LogP contribution in [-0.2, 0) is 22.9 Å². The molecular formula is C20H20ClFN4O2S2. The van der Waals surface area contributed by atoms with Crippen molar-refractivity contribution in [3.8, 4) is 0 Å². The molecule has 3 aromatic rings. The molecule has 2 aliphatic rings. The van der Waals surface area contributed by atoms with Crippen LogP contribution < -0.4 is 4.90 Å². The lowest BCUT2D eigenvalue weighted by Gasteiger charge is -2.35. The number of rotatable bonds is 3. The molecule has 30 heavy (non-hydrogen) atoms. The summed E-state index contributed by atoms with van der Waals surface area (Å²) in [5.74, 6) is 1.01. The van der Waals surface area contributed by atoms with E-state index in [2.05, 4.69) is 9.88 Å². The van der Waals surface area contributed by atoms with Gasteiger partial charge in [0, 0.05) is 31.1 Å². The second-order valence-corrected chi connectivity index (χ2v) is 11.0. The topological polar surface area (TPSA) is 66.4 Å². The highest BCUT2D eigenvalue weighted by Crippen LogP contribution is 2.40. The van der Waals surface area contributed by atoms with Gasteiger partial charge in [-0.15, -0.1) is 11.3 Å². The van der Waals surface area contributed by atoms with Gasteiger partial charge in [0.25, 0.3) is 0 Å². The van der Waals surface area contributed by atoms with Crippen LogP contribution in [0.15, 0.2) is 23.1 Å². The molecule has 0 saturated carbocycles. The summed E-state index contributed by atoms with van der Waals surface area (Å²) < 4.78 is 40.8. The van der Waals surface area contributed by atoms with E-state index in [9.17, 15) is 12.8 Å². The number of sulfonamides is 1. The number of piperazine rings is 1. The maximum atomic E-state index is 13.4. The van der Waals surface area contributed by atoms with Crippen LogP contribution in [0.5, 0.6) is 0 Å². The summed E-state index contributed by atoms with van der Waals surface area (Å²) in [4.78, 5) is 14.0. The number of aryl methyl sites for hydroxylation is 3. The number of thiophene rings is 1. The third-order valence-corrected chi connectivity index (χ3v) is 9.09. The van der Waals surface area contributed by atoms with Crippen LogP contribution in [0.1, 0.15) is 22.7 Å². The highest BCUT2D eigenvalue weighted by Gasteiger charge is 2.31. The van der Waals surface area contributed by atoms with Gasteiger partial charge in [-0.05, 0) is 49.9 Å². The molecular weight excluding hydrogens is 447 g/mol. The summed E-state index contributed by atoms with van der Waals surface area (Å²) in [5, 5.41) is 0.944. The molecule has 0 radical (unpaired) electrons. The van der Waals surface area contributed by atoms with Gasteiger partial charge in [0.05, 0.1) is 15.3 Å². The highest BCUT2D eigenvalue weighted by molar-refractivity contribution is 7.89. The Hall–Kier alpha value is -1.81. The van der Waals surface area contributed by atoms with E-state index < -0.39 is 15.8 Å². The summed E-state index contributed by atoms with van der Waals surface area (Å²) in [6.07, 6.45) is 3.31. The quantitative estimate of drug-likeness (QED) is 0.587. The molecule has 0 unspecified atom stereocenters. The van der Waals surface area contributed by atoms with Crippen molar-refractivity contribution in [2.45, 2.75) is 31.1 Å². The van der Waals surface area contributed by atoms with Crippen LogP contribution in [0.4, 0.5) is 10.2 Å². The minimum absolute atomic E-state index is 0.0123. The molecule has 1 aliphatic heterocycles. The van der Waals surface area contributed by atoms with Crippen molar-refractivity contribution in [3.63, 3.8) is 0 Å². The molecule has 1 aliphatic carbocycles. The van der Waals surface area contributed by atoms with E-state index in [0.29, 0.717) is 26.2 Å². The molecule has 0 N–H and O–H groups in total. The van der Waals surface area contributed by atoms with E-state index >= 15 is 0 Å². The molecule has 6 nitrogen and oxygen atoms in total. The Morgan fingerprint density at radius 1 is 1.13 bits per heavy atom. The molecule has 0 bridgehead atoms. The Morgan fingerprint density at radius 3 is 2.63 bits per heavy atom. The predicted molar refractivity (Wildman–Crippen MR) is 117 cm³/mol. The first-order valence-corrected chi connectivity index (χ1v) is 12.5. The number of hydrogen-bond donors (Lipinski definition) is 0. The maximum absolute atomic E-state index is 13.4. The van der Waals surface area contributed by atoms with Crippen molar-refractivity contribution in [2.24, 2.45) is 0 Å². The van der Waals surface area contributed by atoms with Crippen LogP contribution in [0.3, 0.4) is 0 Å². The van der Waals surface area contributed by atoms with Gasteiger partial charge in [-0.1, -0.05) is 11.6 Å². The van der Waals surface area contributed by atoms with Gasteiger partial charge in [-0.3, -0.25) is 0 Å². The Balaban J connectivity index is 1.42. The molecule has 158 valence electrons. The summed E-state index contributed by atoms with van der Waals surface area (Å²) in [7, 11) is -3.73. The van der Waals surface area contributed by atoms with Crippen LogP contribution in [0, 0.1) is 12.7 Å². The van der Waals surface area contributed by atoms with Crippen molar-refractivity contribution >= 4 is 49.0 Å². The first kappa shape index (κ1) is 20.1. The van der Waals surface area contributed by atoms with Gasteiger partial charge in [-0.25, -0.2) is 22.8 Å². The number of anilines is 1. The summed E-state index contributed by atoms with van der Waals surface area (Å²) in [6.45, 7) is 3.61. The van der Waals surface area contributed by atoms with Crippen molar-refractivity contribution in [1.29, 1.82) is 0 Å². The van der Waals surface area contributed by atoms with Gasteiger partial charge >= 0.3 is 0 Å². The van der Waals surface area contributed by atoms with E-state index in [1.165, 1.54) is 26.9 Å². The number of aromatic nitrogens is 2. The summed E-state index contributed by atoms with van der Waals surface area (Å²) in [5.41, 5.74) is 1.36. The molecule has 10 heteroatoms. The van der Waals surface area contributed by atoms with Gasteiger partial charge in [0.1, 0.15) is 22.3 Å². The zero-order chi connectivity index (χ0) is 21.0. The Bertz CT molecular complexity index is 1250. The largest absolute Gasteiger partial charge is 0.353 e. The van der Waals surface area contributed by atoms with Crippen molar-refractivity contribution < 1.29 is 12.8 Å². The van der Waals surface area contributed by atoms with E-state index in [1.807, 2.05) is 6.92 Å². The number of fused-ring (bicyclic) bond motifs is 3. The average molecular weight is 467 g/mol. The van der Waals surface area contributed by atoms with Gasteiger partial charge in [0.2, 0.25) is 10.0 Å². The highest BCUT2D eigenvalue weighted by atomic mass is 35.5. The Kier molecular flexibility index (Phi) is 4.96. The van der Waals surface area contributed by atoms with Gasteiger partial charge in [0.15, 0.2) is 0 Å².